The van der Waals surface area contributed by atoms with Crippen LogP contribution in [0.1, 0.15) is 19.8 Å². The lowest BCUT2D eigenvalue weighted by molar-refractivity contribution is -0.187. The Balaban J connectivity index is 0.00000380. The number of nitrogens with zero attached hydrogens (tertiary/aromatic N) is 3. The lowest BCUT2D eigenvalue weighted by Crippen LogP contribution is -2.47. The molecular weight excluding hydrogens is 543 g/mol. The van der Waals surface area contributed by atoms with E-state index in [0.717, 1.165) is 4.90 Å². The number of hydrogen-bond acceptors (Lipinski definition) is 7. The molecule has 1 saturated heterocycles. The number of aromatic nitrogens is 2. The fraction of sp³-hybridized carbons (Fsp3) is 0.304. The van der Waals surface area contributed by atoms with Gasteiger partial charge in [-0.2, -0.15) is 13.2 Å². The van der Waals surface area contributed by atoms with E-state index in [4.69, 9.17) is 21.1 Å². The maximum Gasteiger partial charge on any atom is 0.471 e. The number of anilines is 2. The van der Waals surface area contributed by atoms with Crippen LogP contribution in [-0.2, 0) is 9.59 Å². The van der Waals surface area contributed by atoms with Crippen molar-refractivity contribution in [1.29, 1.82) is 0 Å². The van der Waals surface area contributed by atoms with Crippen LogP contribution in [0.2, 0.25) is 5.02 Å². The highest BCUT2D eigenvalue weighted by Crippen LogP contribution is 2.37. The summed E-state index contributed by atoms with van der Waals surface area (Å²) in [6, 6.07) is 7.05. The van der Waals surface area contributed by atoms with E-state index < -0.39 is 30.0 Å². The second-order valence-electron chi connectivity index (χ2n) is 7.99. The van der Waals surface area contributed by atoms with Gasteiger partial charge in [0.15, 0.2) is 11.5 Å². The molecule has 0 saturated carbocycles. The molecule has 1 aliphatic heterocycles. The Morgan fingerprint density at radius 3 is 2.43 bits per heavy atom. The maximum absolute atomic E-state index is 13.5. The van der Waals surface area contributed by atoms with Crippen molar-refractivity contribution in [3.05, 3.63) is 47.5 Å². The summed E-state index contributed by atoms with van der Waals surface area (Å²) in [5.74, 6) is -2.54. The van der Waals surface area contributed by atoms with Gasteiger partial charge in [0, 0.05) is 50.0 Å². The molecule has 0 spiro atoms. The molecule has 1 amide bonds. The summed E-state index contributed by atoms with van der Waals surface area (Å²) < 4.78 is 63.0. The number of nitrogens with one attached hydrogen (secondary N) is 1. The molecule has 0 unspecified atom stereocenters. The van der Waals surface area contributed by atoms with Gasteiger partial charge >= 0.3 is 18.1 Å². The quantitative estimate of drug-likeness (QED) is 0.251. The van der Waals surface area contributed by atoms with E-state index in [0.29, 0.717) is 22.4 Å². The minimum Gasteiger partial charge on any atom is -0.486 e. The van der Waals surface area contributed by atoms with E-state index in [2.05, 4.69) is 15.3 Å². The van der Waals surface area contributed by atoms with Gasteiger partial charge < -0.3 is 19.7 Å². The lowest BCUT2D eigenvalue weighted by atomic mass is 10.1. The van der Waals surface area contributed by atoms with Gasteiger partial charge in [0.25, 0.3) is 0 Å². The predicted octanol–water partition coefficient (Wildman–Crippen LogP) is 5.45. The molecule has 2 aromatic carbocycles. The van der Waals surface area contributed by atoms with Gasteiger partial charge in [-0.15, -0.1) is 12.4 Å². The molecule has 3 aromatic rings. The molecule has 198 valence electrons. The number of alkyl halides is 3. The van der Waals surface area contributed by atoms with Crippen molar-refractivity contribution in [2.75, 3.05) is 18.4 Å². The summed E-state index contributed by atoms with van der Waals surface area (Å²) in [6.45, 7) is 0.932. The number of carbonyl (C=O) groups excluding carboxylic acids is 2. The summed E-state index contributed by atoms with van der Waals surface area (Å²) in [5, 5.41) is 3.40. The van der Waals surface area contributed by atoms with Gasteiger partial charge in [-0.3, -0.25) is 9.59 Å². The topological polar surface area (TPSA) is 93.7 Å². The minimum atomic E-state index is -4.94. The van der Waals surface area contributed by atoms with Crippen LogP contribution in [0.3, 0.4) is 0 Å². The smallest absolute Gasteiger partial charge is 0.471 e. The van der Waals surface area contributed by atoms with Crippen LogP contribution in [0.5, 0.6) is 11.5 Å². The molecular formula is C23H20Cl2F4N4O4. The third kappa shape index (κ3) is 6.69. The van der Waals surface area contributed by atoms with E-state index in [1.807, 2.05) is 0 Å². The van der Waals surface area contributed by atoms with Crippen LogP contribution >= 0.6 is 24.0 Å². The molecule has 0 bridgehead atoms. The zero-order valence-corrected chi connectivity index (χ0v) is 20.7. The van der Waals surface area contributed by atoms with Gasteiger partial charge in [0.1, 0.15) is 24.1 Å². The summed E-state index contributed by atoms with van der Waals surface area (Å²) in [5.41, 5.74) is 0.851. The molecule has 14 heteroatoms. The number of amides is 1. The van der Waals surface area contributed by atoms with Gasteiger partial charge in [-0.05, 0) is 24.3 Å². The lowest BCUT2D eigenvalue weighted by Gasteiger charge is -2.32. The summed E-state index contributed by atoms with van der Waals surface area (Å²) >= 11 is 5.85. The first-order chi connectivity index (χ1) is 17.0. The van der Waals surface area contributed by atoms with Gasteiger partial charge in [0.05, 0.1) is 10.5 Å². The number of rotatable bonds is 5. The van der Waals surface area contributed by atoms with Crippen molar-refractivity contribution in [2.24, 2.45) is 0 Å². The zero-order valence-electron chi connectivity index (χ0n) is 19.1. The second kappa shape index (κ2) is 11.3. The molecule has 0 atom stereocenters. The Bertz CT molecular complexity index is 1320. The third-order valence-electron chi connectivity index (χ3n) is 5.40. The number of halogens is 6. The number of piperidine rings is 1. The highest BCUT2D eigenvalue weighted by atomic mass is 35.5. The number of esters is 1. The second-order valence-corrected chi connectivity index (χ2v) is 8.40. The van der Waals surface area contributed by atoms with E-state index >= 15 is 0 Å². The van der Waals surface area contributed by atoms with Crippen molar-refractivity contribution in [3.8, 4) is 11.5 Å². The average molecular weight is 563 g/mol. The number of benzene rings is 2. The van der Waals surface area contributed by atoms with E-state index in [1.54, 1.807) is 0 Å². The Morgan fingerprint density at radius 2 is 1.81 bits per heavy atom. The molecule has 1 N–H and O–H groups in total. The molecule has 0 aliphatic carbocycles. The number of fused-ring (bicyclic) bond motifs is 1. The first kappa shape index (κ1) is 28.2. The number of likely N-dealkylation sites (tertiary alicyclic amines) is 1. The number of carbonyl (C=O) groups is 2. The van der Waals surface area contributed by atoms with Crippen LogP contribution < -0.4 is 14.8 Å². The van der Waals surface area contributed by atoms with Crippen molar-refractivity contribution in [1.82, 2.24) is 14.9 Å². The van der Waals surface area contributed by atoms with Crippen LogP contribution in [0.25, 0.3) is 10.9 Å². The molecule has 37 heavy (non-hydrogen) atoms. The normalized spacial score (nSPS) is 14.2. The highest BCUT2D eigenvalue weighted by molar-refractivity contribution is 6.31. The molecule has 4 rings (SSSR count). The highest BCUT2D eigenvalue weighted by Gasteiger charge is 2.43. The Hall–Kier alpha value is -3.38. The van der Waals surface area contributed by atoms with Crippen molar-refractivity contribution >= 4 is 58.3 Å². The van der Waals surface area contributed by atoms with Gasteiger partial charge in [-0.25, -0.2) is 14.4 Å². The van der Waals surface area contributed by atoms with Crippen molar-refractivity contribution in [2.45, 2.75) is 32.0 Å². The number of hydrogen-bond donors (Lipinski definition) is 1. The average Bonchev–Trinajstić information content (AvgIpc) is 2.81. The summed E-state index contributed by atoms with van der Waals surface area (Å²) in [7, 11) is 0. The van der Waals surface area contributed by atoms with Crippen LogP contribution in [0, 0.1) is 5.82 Å². The van der Waals surface area contributed by atoms with Crippen LogP contribution in [0.4, 0.5) is 29.1 Å². The molecule has 1 fully saturated rings. The first-order valence-corrected chi connectivity index (χ1v) is 11.1. The van der Waals surface area contributed by atoms with Gasteiger partial charge in [0.2, 0.25) is 0 Å². The molecule has 1 aliphatic rings. The molecule has 1 aromatic heterocycles. The monoisotopic (exact) mass is 562 g/mol. The van der Waals surface area contributed by atoms with Gasteiger partial charge in [-0.1, -0.05) is 11.6 Å². The summed E-state index contributed by atoms with van der Waals surface area (Å²) in [6.07, 6.45) is -3.91. The fourth-order valence-electron chi connectivity index (χ4n) is 3.74. The summed E-state index contributed by atoms with van der Waals surface area (Å²) in [4.78, 5) is 32.3. The number of ether oxygens (including phenoxy) is 2. The molecule has 0 radical (unpaired) electrons. The fourth-order valence-corrected chi connectivity index (χ4v) is 3.92. The third-order valence-corrected chi connectivity index (χ3v) is 5.69. The van der Waals surface area contributed by atoms with E-state index in [-0.39, 0.29) is 54.9 Å². The minimum absolute atomic E-state index is 0. The van der Waals surface area contributed by atoms with Crippen LogP contribution in [0.15, 0.2) is 36.7 Å². The molecule has 8 nitrogen and oxygen atoms in total. The van der Waals surface area contributed by atoms with Crippen molar-refractivity contribution in [3.63, 3.8) is 0 Å². The predicted molar refractivity (Wildman–Crippen MR) is 129 cm³/mol. The maximum atomic E-state index is 13.5. The Kier molecular flexibility index (Phi) is 8.64. The van der Waals surface area contributed by atoms with Crippen molar-refractivity contribution < 1.29 is 36.6 Å². The zero-order chi connectivity index (χ0) is 26.0. The Morgan fingerprint density at radius 1 is 1.11 bits per heavy atom. The molecule has 2 heterocycles. The van der Waals surface area contributed by atoms with E-state index in [9.17, 15) is 27.2 Å². The SMILES string of the molecule is CC(=O)Oc1cc2ncnc(Nc3ccc(F)c(Cl)c3)c2cc1OC1CCN(C(=O)C(F)(F)F)CC1.Cl. The first-order valence-electron chi connectivity index (χ1n) is 10.7. The van der Waals surface area contributed by atoms with E-state index in [1.165, 1.54) is 43.6 Å². The van der Waals surface area contributed by atoms with Crippen LogP contribution in [-0.4, -0.2) is 52.1 Å². The standard InChI is InChI=1S/C23H19ClF4N4O4.ClH/c1-12(33)35-20-10-18-15(21(30-11-29-18)31-13-2-3-17(25)16(24)8-13)9-19(20)36-14-4-6-32(7-5-14)22(34)23(26,27)28;/h2-3,8-11,14H,4-7H2,1H3,(H,29,30,31);1H. The Labute approximate surface area is 219 Å². The largest absolute Gasteiger partial charge is 0.486 e.